The molecule has 2 N–H and O–H groups in total. The van der Waals surface area contributed by atoms with Crippen LogP contribution in [0.15, 0.2) is 35.9 Å². The van der Waals surface area contributed by atoms with Crippen molar-refractivity contribution < 1.29 is 0 Å². The van der Waals surface area contributed by atoms with Crippen LogP contribution >= 0.6 is 11.8 Å². The Bertz CT molecular complexity index is 257. The van der Waals surface area contributed by atoms with Gasteiger partial charge in [0.05, 0.1) is 0 Å². The molecule has 0 aromatic carbocycles. The molecule has 1 aliphatic rings. The van der Waals surface area contributed by atoms with E-state index in [2.05, 4.69) is 13.2 Å². The van der Waals surface area contributed by atoms with Gasteiger partial charge < -0.3 is 4.90 Å². The van der Waals surface area contributed by atoms with Gasteiger partial charge in [-0.05, 0) is 13.0 Å². The van der Waals surface area contributed by atoms with Crippen LogP contribution in [-0.2, 0) is 0 Å². The summed E-state index contributed by atoms with van der Waals surface area (Å²) in [6.45, 7) is 9.48. The zero-order valence-electron chi connectivity index (χ0n) is 7.50. The van der Waals surface area contributed by atoms with Crippen LogP contribution in [0.4, 0.5) is 0 Å². The molecule has 0 saturated carbocycles. The maximum absolute atomic E-state index is 6.04. The fourth-order valence-electron chi connectivity index (χ4n) is 1.11. The van der Waals surface area contributed by atoms with Crippen LogP contribution in [0.1, 0.15) is 6.92 Å². The Morgan fingerprint density at radius 2 is 2.17 bits per heavy atom. The van der Waals surface area contributed by atoms with Gasteiger partial charge in [0.15, 0.2) is 4.99 Å². The van der Waals surface area contributed by atoms with Crippen LogP contribution in [0, 0.1) is 0 Å². The predicted molar refractivity (Wildman–Crippen MR) is 55.4 cm³/mol. The van der Waals surface area contributed by atoms with Gasteiger partial charge in [0.1, 0.15) is 0 Å². The van der Waals surface area contributed by atoms with Gasteiger partial charge >= 0.3 is 0 Å². The SMILES string of the molecule is C=CC1=C(C)N(C)C(N)(C=C)S1. The first kappa shape index (κ1) is 9.42. The van der Waals surface area contributed by atoms with Crippen molar-refractivity contribution in [3.63, 3.8) is 0 Å². The minimum absolute atomic E-state index is 0.492. The number of nitrogens with zero attached hydrogens (tertiary/aromatic N) is 1. The van der Waals surface area contributed by atoms with E-state index in [1.54, 1.807) is 17.8 Å². The predicted octanol–water partition coefficient (Wildman–Crippen LogP) is 1.88. The molecule has 1 aliphatic heterocycles. The summed E-state index contributed by atoms with van der Waals surface area (Å²) < 4.78 is 0. The van der Waals surface area contributed by atoms with Crippen LogP contribution in [0.25, 0.3) is 0 Å². The van der Waals surface area contributed by atoms with Crippen molar-refractivity contribution in [3.8, 4) is 0 Å². The average Bonchev–Trinajstić information content (AvgIpc) is 2.31. The number of allylic oxidation sites excluding steroid dienone is 2. The molecule has 0 bridgehead atoms. The second-order valence-electron chi connectivity index (χ2n) is 2.77. The van der Waals surface area contributed by atoms with Crippen molar-refractivity contribution >= 4 is 11.8 Å². The van der Waals surface area contributed by atoms with Gasteiger partial charge in [0.25, 0.3) is 0 Å². The van der Waals surface area contributed by atoms with Gasteiger partial charge in [0.2, 0.25) is 0 Å². The number of thioether (sulfide) groups is 1. The lowest BCUT2D eigenvalue weighted by Gasteiger charge is -2.30. The molecule has 2 nitrogen and oxygen atoms in total. The number of likely N-dealkylation sites (N-methyl/N-ethyl adjacent to an activating group) is 1. The van der Waals surface area contributed by atoms with E-state index in [9.17, 15) is 0 Å². The first-order valence-corrected chi connectivity index (χ1v) is 4.55. The summed E-state index contributed by atoms with van der Waals surface area (Å²) in [4.78, 5) is 2.63. The van der Waals surface area contributed by atoms with E-state index in [0.29, 0.717) is 0 Å². The molecule has 1 atom stereocenters. The summed E-state index contributed by atoms with van der Waals surface area (Å²) in [6, 6.07) is 0. The molecule has 1 heterocycles. The Morgan fingerprint density at radius 3 is 2.42 bits per heavy atom. The Kier molecular flexibility index (Phi) is 2.35. The molecular weight excluding hydrogens is 168 g/mol. The molecule has 66 valence electrons. The van der Waals surface area contributed by atoms with Gasteiger partial charge in [-0.2, -0.15) is 0 Å². The fraction of sp³-hybridized carbons (Fsp3) is 0.333. The normalized spacial score (nSPS) is 29.4. The monoisotopic (exact) mass is 182 g/mol. The summed E-state index contributed by atoms with van der Waals surface area (Å²) in [5.41, 5.74) is 7.19. The first-order chi connectivity index (χ1) is 5.55. The number of nitrogens with two attached hydrogens (primary N) is 1. The summed E-state index contributed by atoms with van der Waals surface area (Å²) in [5.74, 6) is 0. The van der Waals surface area contributed by atoms with Crippen molar-refractivity contribution in [2.45, 2.75) is 11.9 Å². The lowest BCUT2D eigenvalue weighted by atomic mass is 10.3. The van der Waals surface area contributed by atoms with Crippen molar-refractivity contribution in [1.29, 1.82) is 0 Å². The minimum Gasteiger partial charge on any atom is -0.347 e. The van der Waals surface area contributed by atoms with E-state index < -0.39 is 4.99 Å². The lowest BCUT2D eigenvalue weighted by molar-refractivity contribution is 0.337. The van der Waals surface area contributed by atoms with Crippen molar-refractivity contribution in [3.05, 3.63) is 35.9 Å². The fourth-order valence-corrected chi connectivity index (χ4v) is 2.19. The molecule has 3 heteroatoms. The summed E-state index contributed by atoms with van der Waals surface area (Å²) in [5, 5.41) is 0. The molecule has 0 aromatic rings. The molecule has 0 aromatic heterocycles. The van der Waals surface area contributed by atoms with Gasteiger partial charge in [-0.15, -0.1) is 0 Å². The zero-order chi connectivity index (χ0) is 9.35. The van der Waals surface area contributed by atoms with Gasteiger partial charge in [-0.1, -0.05) is 31.0 Å². The van der Waals surface area contributed by atoms with Crippen LogP contribution in [-0.4, -0.2) is 16.9 Å². The topological polar surface area (TPSA) is 29.3 Å². The van der Waals surface area contributed by atoms with Gasteiger partial charge in [-0.25, -0.2) is 0 Å². The number of hydrogen-bond acceptors (Lipinski definition) is 3. The maximum atomic E-state index is 6.04. The number of rotatable bonds is 2. The summed E-state index contributed by atoms with van der Waals surface area (Å²) in [6.07, 6.45) is 3.58. The third-order valence-electron chi connectivity index (χ3n) is 2.14. The highest BCUT2D eigenvalue weighted by atomic mass is 32.2. The Balaban J connectivity index is 3.00. The standard InChI is InChI=1S/C9H14N2S/c1-5-8-7(3)11(4)9(10,6-2)12-8/h5-6H,1-2,10H2,3-4H3. The van der Waals surface area contributed by atoms with Crippen LogP contribution in [0.3, 0.4) is 0 Å². The van der Waals surface area contributed by atoms with E-state index in [-0.39, 0.29) is 0 Å². The molecule has 0 radical (unpaired) electrons. The van der Waals surface area contributed by atoms with E-state index in [1.165, 1.54) is 0 Å². The smallest absolute Gasteiger partial charge is 0.160 e. The summed E-state index contributed by atoms with van der Waals surface area (Å²) in [7, 11) is 1.96. The van der Waals surface area contributed by atoms with Crippen LogP contribution < -0.4 is 5.73 Å². The first-order valence-electron chi connectivity index (χ1n) is 3.74. The highest BCUT2D eigenvalue weighted by Crippen LogP contribution is 2.42. The van der Waals surface area contributed by atoms with E-state index in [1.807, 2.05) is 24.9 Å². The Morgan fingerprint density at radius 1 is 1.58 bits per heavy atom. The molecule has 0 amide bonds. The van der Waals surface area contributed by atoms with Gasteiger partial charge in [-0.3, -0.25) is 5.73 Å². The van der Waals surface area contributed by atoms with E-state index in [4.69, 9.17) is 5.73 Å². The molecule has 0 spiro atoms. The van der Waals surface area contributed by atoms with E-state index in [0.717, 1.165) is 10.6 Å². The van der Waals surface area contributed by atoms with E-state index >= 15 is 0 Å². The molecule has 0 fully saturated rings. The van der Waals surface area contributed by atoms with Crippen molar-refractivity contribution in [2.24, 2.45) is 5.73 Å². The highest BCUT2D eigenvalue weighted by molar-refractivity contribution is 8.04. The van der Waals surface area contributed by atoms with Gasteiger partial charge in [0, 0.05) is 17.6 Å². The van der Waals surface area contributed by atoms with Crippen molar-refractivity contribution in [1.82, 2.24) is 4.90 Å². The summed E-state index contributed by atoms with van der Waals surface area (Å²) >= 11 is 1.58. The minimum atomic E-state index is -0.492. The van der Waals surface area contributed by atoms with Crippen LogP contribution in [0.5, 0.6) is 0 Å². The average molecular weight is 182 g/mol. The quantitative estimate of drug-likeness (QED) is 0.661. The van der Waals surface area contributed by atoms with Crippen molar-refractivity contribution in [2.75, 3.05) is 7.05 Å². The second-order valence-corrected chi connectivity index (χ2v) is 4.07. The molecule has 0 saturated heterocycles. The highest BCUT2D eigenvalue weighted by Gasteiger charge is 2.35. The third kappa shape index (κ3) is 1.19. The molecule has 12 heavy (non-hydrogen) atoms. The molecule has 1 unspecified atom stereocenters. The van der Waals surface area contributed by atoms with Crippen LogP contribution in [0.2, 0.25) is 0 Å². The Hall–Kier alpha value is -0.670. The third-order valence-corrected chi connectivity index (χ3v) is 3.58. The maximum Gasteiger partial charge on any atom is 0.160 e. The largest absolute Gasteiger partial charge is 0.347 e. The number of hydrogen-bond donors (Lipinski definition) is 1. The second kappa shape index (κ2) is 2.99. The lowest BCUT2D eigenvalue weighted by Crippen LogP contribution is -2.45. The molecule has 1 rings (SSSR count). The zero-order valence-corrected chi connectivity index (χ0v) is 8.32. The Labute approximate surface area is 77.8 Å². The molecule has 0 aliphatic carbocycles. The molecular formula is C9H14N2S.